The molecule has 0 unspecified atom stereocenters. The third kappa shape index (κ3) is 3.86. The number of imidazole rings is 1. The molecule has 0 spiro atoms. The second-order valence-corrected chi connectivity index (χ2v) is 6.86. The Bertz CT molecular complexity index is 1090. The predicted molar refractivity (Wildman–Crippen MR) is 113 cm³/mol. The molecule has 0 bridgehead atoms. The quantitative estimate of drug-likeness (QED) is 0.380. The monoisotopic (exact) mass is 372 g/mol. The first-order chi connectivity index (χ1) is 13.7. The van der Waals surface area contributed by atoms with E-state index in [1.165, 1.54) is 11.1 Å². The summed E-state index contributed by atoms with van der Waals surface area (Å²) in [4.78, 5) is 4.77. The van der Waals surface area contributed by atoms with Gasteiger partial charge in [-0.1, -0.05) is 24.3 Å². The lowest BCUT2D eigenvalue weighted by molar-refractivity contribution is 0.300. The highest BCUT2D eigenvalue weighted by molar-refractivity contribution is 5.79. The summed E-state index contributed by atoms with van der Waals surface area (Å²) in [5, 5.41) is 0. The average molecular weight is 372 g/mol. The zero-order valence-corrected chi connectivity index (χ0v) is 16.3. The molecule has 0 fully saturated rings. The minimum atomic E-state index is 0.665. The molecule has 28 heavy (non-hydrogen) atoms. The van der Waals surface area contributed by atoms with E-state index in [0.29, 0.717) is 6.61 Å². The Morgan fingerprint density at radius 2 is 1.89 bits per heavy atom. The maximum atomic E-state index is 6.02. The molecule has 4 nitrogen and oxygen atoms in total. The number of aryl methyl sites for hydroxylation is 2. The van der Waals surface area contributed by atoms with Gasteiger partial charge in [-0.15, -0.1) is 0 Å². The second-order valence-electron chi connectivity index (χ2n) is 6.86. The summed E-state index contributed by atoms with van der Waals surface area (Å²) < 4.78 is 13.7. The average Bonchev–Trinajstić information content (AvgIpc) is 3.34. The molecule has 142 valence electrons. The van der Waals surface area contributed by atoms with E-state index in [9.17, 15) is 0 Å². The van der Waals surface area contributed by atoms with Gasteiger partial charge >= 0.3 is 0 Å². The fraction of sp³-hybridized carbons (Fsp3) is 0.208. The Labute approximate surface area is 165 Å². The number of hydrogen-bond acceptors (Lipinski definition) is 3. The summed E-state index contributed by atoms with van der Waals surface area (Å²) in [6, 6.07) is 18.2. The molecule has 4 heteroatoms. The van der Waals surface area contributed by atoms with Crippen LogP contribution in [0.5, 0.6) is 5.75 Å². The van der Waals surface area contributed by atoms with Crippen molar-refractivity contribution in [3.63, 3.8) is 0 Å². The van der Waals surface area contributed by atoms with Crippen LogP contribution in [0.2, 0.25) is 0 Å². The van der Waals surface area contributed by atoms with Gasteiger partial charge in [0.25, 0.3) is 0 Å². The van der Waals surface area contributed by atoms with E-state index in [0.717, 1.165) is 41.3 Å². The number of nitrogens with zero attached hydrogens (tertiary/aromatic N) is 2. The van der Waals surface area contributed by atoms with Crippen LogP contribution < -0.4 is 4.74 Å². The van der Waals surface area contributed by atoms with Crippen molar-refractivity contribution < 1.29 is 9.15 Å². The summed E-state index contributed by atoms with van der Waals surface area (Å²) >= 11 is 0. The van der Waals surface area contributed by atoms with Gasteiger partial charge in [-0.2, -0.15) is 0 Å². The number of benzene rings is 2. The topological polar surface area (TPSA) is 40.2 Å². The molecule has 4 rings (SSSR count). The van der Waals surface area contributed by atoms with Crippen LogP contribution in [-0.4, -0.2) is 16.2 Å². The molecule has 0 radical (unpaired) electrons. The minimum Gasteiger partial charge on any atom is -0.493 e. The molecule has 0 N–H and O–H groups in total. The van der Waals surface area contributed by atoms with E-state index in [1.54, 1.807) is 6.26 Å². The van der Waals surface area contributed by atoms with Crippen LogP contribution in [0.25, 0.3) is 23.2 Å². The van der Waals surface area contributed by atoms with E-state index < -0.39 is 0 Å². The van der Waals surface area contributed by atoms with Crippen molar-refractivity contribution in [2.75, 3.05) is 6.61 Å². The molecule has 2 aromatic heterocycles. The summed E-state index contributed by atoms with van der Waals surface area (Å²) in [6.07, 6.45) is 6.53. The van der Waals surface area contributed by atoms with Crippen LogP contribution in [0, 0.1) is 13.8 Å². The first-order valence-corrected chi connectivity index (χ1v) is 9.58. The highest BCUT2D eigenvalue weighted by Gasteiger charge is 2.09. The van der Waals surface area contributed by atoms with Crippen molar-refractivity contribution in [1.82, 2.24) is 9.55 Å². The SMILES string of the molecule is Cc1cccc(OCCCn2c(/C=C/c3ccco3)nc3ccccc32)c1C. The van der Waals surface area contributed by atoms with Crippen LogP contribution in [0.4, 0.5) is 0 Å². The Kier molecular flexibility index (Phi) is 5.29. The van der Waals surface area contributed by atoms with Gasteiger partial charge < -0.3 is 13.7 Å². The number of rotatable bonds is 7. The molecule has 4 aromatic rings. The maximum absolute atomic E-state index is 6.02. The van der Waals surface area contributed by atoms with Crippen molar-refractivity contribution in [3.05, 3.63) is 83.6 Å². The predicted octanol–water partition coefficient (Wildman–Crippen LogP) is 5.89. The van der Waals surface area contributed by atoms with E-state index >= 15 is 0 Å². The molecule has 0 amide bonds. The molecule has 0 saturated carbocycles. The summed E-state index contributed by atoms with van der Waals surface area (Å²) in [7, 11) is 0. The van der Waals surface area contributed by atoms with Gasteiger partial charge in [0.15, 0.2) is 0 Å². The first kappa shape index (κ1) is 18.1. The van der Waals surface area contributed by atoms with Gasteiger partial charge in [0.2, 0.25) is 0 Å². The highest BCUT2D eigenvalue weighted by atomic mass is 16.5. The summed E-state index contributed by atoms with van der Waals surface area (Å²) in [5.41, 5.74) is 4.59. The fourth-order valence-electron chi connectivity index (χ4n) is 3.28. The smallest absolute Gasteiger partial charge is 0.133 e. The van der Waals surface area contributed by atoms with E-state index in [1.807, 2.05) is 54.6 Å². The van der Waals surface area contributed by atoms with Crippen LogP contribution in [-0.2, 0) is 6.54 Å². The largest absolute Gasteiger partial charge is 0.493 e. The molecule has 0 aliphatic heterocycles. The van der Waals surface area contributed by atoms with Crippen molar-refractivity contribution in [3.8, 4) is 5.75 Å². The van der Waals surface area contributed by atoms with E-state index in [4.69, 9.17) is 14.1 Å². The second kappa shape index (κ2) is 8.17. The fourth-order valence-corrected chi connectivity index (χ4v) is 3.28. The number of ether oxygens (including phenoxy) is 1. The van der Waals surface area contributed by atoms with Gasteiger partial charge in [0, 0.05) is 6.54 Å². The lowest BCUT2D eigenvalue weighted by atomic mass is 10.1. The van der Waals surface area contributed by atoms with Crippen LogP contribution in [0.3, 0.4) is 0 Å². The van der Waals surface area contributed by atoms with Gasteiger partial charge in [0.1, 0.15) is 17.3 Å². The lowest BCUT2D eigenvalue weighted by Crippen LogP contribution is -2.06. The first-order valence-electron chi connectivity index (χ1n) is 9.58. The number of hydrogen-bond donors (Lipinski definition) is 0. The summed E-state index contributed by atoms with van der Waals surface area (Å²) in [6.45, 7) is 5.71. The van der Waals surface area contributed by atoms with Gasteiger partial charge in [-0.05, 0) is 73.9 Å². The zero-order chi connectivity index (χ0) is 19.3. The number of aromatic nitrogens is 2. The normalized spacial score (nSPS) is 11.5. The molecule has 0 atom stereocenters. The van der Waals surface area contributed by atoms with Gasteiger partial charge in [-0.3, -0.25) is 0 Å². The molecular weight excluding hydrogens is 348 g/mol. The van der Waals surface area contributed by atoms with E-state index in [2.05, 4.69) is 30.5 Å². The van der Waals surface area contributed by atoms with Gasteiger partial charge in [-0.25, -0.2) is 4.98 Å². The number of furan rings is 1. The van der Waals surface area contributed by atoms with Crippen molar-refractivity contribution in [2.24, 2.45) is 0 Å². The summed E-state index contributed by atoms with van der Waals surface area (Å²) in [5.74, 6) is 2.70. The van der Waals surface area contributed by atoms with Crippen molar-refractivity contribution in [2.45, 2.75) is 26.8 Å². The molecule has 0 saturated heterocycles. The third-order valence-electron chi connectivity index (χ3n) is 4.96. The van der Waals surface area contributed by atoms with Crippen LogP contribution in [0.15, 0.2) is 65.3 Å². The standard InChI is InChI=1S/C24H24N2O2/c1-18-8-5-12-23(19(18)2)28-17-7-15-26-22-11-4-3-10-21(22)25-24(26)14-13-20-9-6-16-27-20/h3-6,8-14,16H,7,15,17H2,1-2H3/b14-13+. The Hall–Kier alpha value is -3.27. The van der Waals surface area contributed by atoms with Gasteiger partial charge in [0.05, 0.1) is 23.9 Å². The number of fused-ring (bicyclic) bond motifs is 1. The van der Waals surface area contributed by atoms with Crippen LogP contribution in [0.1, 0.15) is 29.1 Å². The third-order valence-corrected chi connectivity index (χ3v) is 4.96. The highest BCUT2D eigenvalue weighted by Crippen LogP contribution is 2.22. The molecule has 0 aliphatic carbocycles. The minimum absolute atomic E-state index is 0.665. The van der Waals surface area contributed by atoms with Crippen LogP contribution >= 0.6 is 0 Å². The molecular formula is C24H24N2O2. The molecule has 0 aliphatic rings. The van der Waals surface area contributed by atoms with Crippen molar-refractivity contribution >= 4 is 23.2 Å². The van der Waals surface area contributed by atoms with E-state index in [-0.39, 0.29) is 0 Å². The molecule has 2 heterocycles. The lowest BCUT2D eigenvalue weighted by Gasteiger charge is -2.12. The maximum Gasteiger partial charge on any atom is 0.133 e. The number of para-hydroxylation sites is 2. The van der Waals surface area contributed by atoms with Crippen molar-refractivity contribution in [1.29, 1.82) is 0 Å². The Morgan fingerprint density at radius 3 is 2.75 bits per heavy atom. The Balaban J connectivity index is 1.49. The Morgan fingerprint density at radius 1 is 1.00 bits per heavy atom. The zero-order valence-electron chi connectivity index (χ0n) is 16.3. The molecule has 2 aromatic carbocycles.